The van der Waals surface area contributed by atoms with Gasteiger partial charge in [0.15, 0.2) is 0 Å². The number of nitrogens with one attached hydrogen (secondary N) is 4. The third-order valence-electron chi connectivity index (χ3n) is 9.87. The minimum Gasteiger partial charge on any atom is -0.341 e. The first kappa shape index (κ1) is 25.0. The SMILES string of the molecule is O=C(Nc1ccc(-c2ccc(-c3ccc(-c4cnc([C@@H]5CCCN5)[nH]4)cc3)c3c2C2CCC3C2)cc1)[C@@H]1CCCN1. The topological polar surface area (TPSA) is 81.8 Å². The first-order chi connectivity index (χ1) is 20.2. The average molecular weight is 544 g/mol. The standard InChI is InChI=1S/C35H37N5O/c41-35(30-4-2-18-37-30)39-26-13-11-22(12-14-26)28-16-15-27(32-24-9-10-25(19-24)33(28)32)21-5-7-23(8-6-21)31-20-38-34(40-31)29-3-1-17-36-29/h5-8,11-16,20,24-25,29-30,36-37H,1-4,9-10,17-19H2,(H,38,40)(H,39,41)/t24?,25?,29-,30-/m0/s1. The molecule has 4 aromatic rings. The van der Waals surface area contributed by atoms with Crippen molar-refractivity contribution < 1.29 is 4.79 Å². The largest absolute Gasteiger partial charge is 0.341 e. The Hall–Kier alpha value is -3.74. The molecule has 3 heterocycles. The highest BCUT2D eigenvalue weighted by Gasteiger charge is 2.40. The highest BCUT2D eigenvalue weighted by atomic mass is 16.2. The number of rotatable bonds is 6. The van der Waals surface area contributed by atoms with E-state index in [1.165, 1.54) is 53.5 Å². The fraction of sp³-hybridized carbons (Fsp3) is 0.371. The van der Waals surface area contributed by atoms with E-state index in [9.17, 15) is 4.79 Å². The smallest absolute Gasteiger partial charge is 0.241 e. The minimum absolute atomic E-state index is 0.0683. The predicted octanol–water partition coefficient (Wildman–Crippen LogP) is 6.89. The van der Waals surface area contributed by atoms with Crippen LogP contribution in [0.25, 0.3) is 33.5 Å². The van der Waals surface area contributed by atoms with Crippen molar-refractivity contribution in [3.8, 4) is 33.5 Å². The molecule has 41 heavy (non-hydrogen) atoms. The lowest BCUT2D eigenvalue weighted by atomic mass is 9.81. The molecule has 0 spiro atoms. The van der Waals surface area contributed by atoms with Crippen LogP contribution in [-0.2, 0) is 4.79 Å². The predicted molar refractivity (Wildman–Crippen MR) is 164 cm³/mol. The molecule has 3 fully saturated rings. The molecule has 1 amide bonds. The van der Waals surface area contributed by atoms with Crippen LogP contribution in [0, 0.1) is 0 Å². The van der Waals surface area contributed by atoms with Crippen molar-refractivity contribution in [2.45, 2.75) is 68.9 Å². The van der Waals surface area contributed by atoms with Gasteiger partial charge < -0.3 is 20.9 Å². The van der Waals surface area contributed by atoms with Crippen LogP contribution in [0.5, 0.6) is 0 Å². The Morgan fingerprint density at radius 1 is 0.732 bits per heavy atom. The highest BCUT2D eigenvalue weighted by molar-refractivity contribution is 5.95. The lowest BCUT2D eigenvalue weighted by Crippen LogP contribution is -2.35. The van der Waals surface area contributed by atoms with Crippen molar-refractivity contribution in [1.82, 2.24) is 20.6 Å². The van der Waals surface area contributed by atoms with Gasteiger partial charge in [0.05, 0.1) is 24.0 Å². The molecule has 2 bridgehead atoms. The van der Waals surface area contributed by atoms with Crippen molar-refractivity contribution in [2.75, 3.05) is 18.4 Å². The average Bonchev–Trinajstić information content (AvgIpc) is 3.86. The number of carbonyl (C=O) groups is 1. The van der Waals surface area contributed by atoms with Gasteiger partial charge in [0, 0.05) is 5.69 Å². The van der Waals surface area contributed by atoms with Crippen LogP contribution in [0.1, 0.15) is 79.8 Å². The molecule has 1 saturated carbocycles. The molecular weight excluding hydrogens is 506 g/mol. The van der Waals surface area contributed by atoms with E-state index in [0.29, 0.717) is 17.9 Å². The van der Waals surface area contributed by atoms with E-state index in [1.54, 1.807) is 11.1 Å². The van der Waals surface area contributed by atoms with Crippen molar-refractivity contribution in [3.05, 3.63) is 83.8 Å². The van der Waals surface area contributed by atoms with Gasteiger partial charge in [-0.2, -0.15) is 0 Å². The number of carbonyl (C=O) groups excluding carboxylic acids is 1. The van der Waals surface area contributed by atoms with Crippen LogP contribution < -0.4 is 16.0 Å². The van der Waals surface area contributed by atoms with E-state index in [2.05, 4.69) is 86.6 Å². The maximum absolute atomic E-state index is 12.6. The maximum Gasteiger partial charge on any atom is 0.241 e. The zero-order valence-corrected chi connectivity index (χ0v) is 23.4. The van der Waals surface area contributed by atoms with Gasteiger partial charge in [-0.1, -0.05) is 48.5 Å². The molecule has 0 radical (unpaired) electrons. The van der Waals surface area contributed by atoms with Gasteiger partial charge in [0.25, 0.3) is 0 Å². The summed E-state index contributed by atoms with van der Waals surface area (Å²) in [5, 5.41) is 9.90. The lowest BCUT2D eigenvalue weighted by molar-refractivity contribution is -0.117. The van der Waals surface area contributed by atoms with Crippen LogP contribution in [0.15, 0.2) is 66.9 Å². The van der Waals surface area contributed by atoms with E-state index in [4.69, 9.17) is 0 Å². The molecule has 4 aliphatic rings. The highest BCUT2D eigenvalue weighted by Crippen LogP contribution is 2.58. The number of aromatic nitrogens is 2. The van der Waals surface area contributed by atoms with Crippen LogP contribution in [0.4, 0.5) is 5.69 Å². The summed E-state index contributed by atoms with van der Waals surface area (Å²) in [4.78, 5) is 20.8. The molecule has 1 aromatic heterocycles. The second-order valence-corrected chi connectivity index (χ2v) is 12.3. The molecule has 2 aliphatic carbocycles. The molecule has 3 aromatic carbocycles. The van der Waals surface area contributed by atoms with Crippen molar-refractivity contribution in [2.24, 2.45) is 0 Å². The first-order valence-corrected chi connectivity index (χ1v) is 15.4. The lowest BCUT2D eigenvalue weighted by Gasteiger charge is -2.23. The number of hydrogen-bond acceptors (Lipinski definition) is 4. The van der Waals surface area contributed by atoms with Gasteiger partial charge >= 0.3 is 0 Å². The van der Waals surface area contributed by atoms with Gasteiger partial charge in [-0.15, -0.1) is 0 Å². The van der Waals surface area contributed by atoms with E-state index < -0.39 is 0 Å². The van der Waals surface area contributed by atoms with E-state index in [0.717, 1.165) is 49.6 Å². The number of H-pyrrole nitrogens is 1. The number of nitrogens with zero attached hydrogens (tertiary/aromatic N) is 1. The third-order valence-corrected chi connectivity index (χ3v) is 9.87. The molecule has 4 N–H and O–H groups in total. The van der Waals surface area contributed by atoms with Crippen molar-refractivity contribution in [1.29, 1.82) is 0 Å². The summed E-state index contributed by atoms with van der Waals surface area (Å²) in [6.45, 7) is 2.00. The van der Waals surface area contributed by atoms with Gasteiger partial charge in [0.1, 0.15) is 5.82 Å². The normalized spacial score (nSPS) is 24.6. The molecule has 208 valence electrons. The zero-order chi connectivity index (χ0) is 27.3. The Kier molecular flexibility index (Phi) is 6.26. The number of aromatic amines is 1. The summed E-state index contributed by atoms with van der Waals surface area (Å²) in [6, 6.07) is 22.4. The first-order valence-electron chi connectivity index (χ1n) is 15.4. The quantitative estimate of drug-likeness (QED) is 0.213. The summed E-state index contributed by atoms with van der Waals surface area (Å²) < 4.78 is 0. The molecule has 8 rings (SSSR count). The monoisotopic (exact) mass is 543 g/mol. The molecule has 4 atom stereocenters. The van der Waals surface area contributed by atoms with Crippen LogP contribution in [0.3, 0.4) is 0 Å². The summed E-state index contributed by atoms with van der Waals surface area (Å²) in [5.74, 6) is 2.41. The summed E-state index contributed by atoms with van der Waals surface area (Å²) in [6.07, 6.45) is 10.1. The number of benzene rings is 3. The molecule has 6 heteroatoms. The number of anilines is 1. The Morgan fingerprint density at radius 3 is 2.00 bits per heavy atom. The third kappa shape index (κ3) is 4.50. The molecule has 2 saturated heterocycles. The zero-order valence-electron chi connectivity index (χ0n) is 23.4. The van der Waals surface area contributed by atoms with E-state index in [1.807, 2.05) is 6.20 Å². The number of fused-ring (bicyclic) bond motifs is 5. The molecule has 6 nitrogen and oxygen atoms in total. The van der Waals surface area contributed by atoms with Gasteiger partial charge in [0.2, 0.25) is 5.91 Å². The van der Waals surface area contributed by atoms with Crippen LogP contribution in [0.2, 0.25) is 0 Å². The second-order valence-electron chi connectivity index (χ2n) is 12.3. The van der Waals surface area contributed by atoms with Crippen molar-refractivity contribution in [3.63, 3.8) is 0 Å². The Bertz CT molecular complexity index is 1580. The number of hydrogen-bond donors (Lipinski definition) is 4. The summed E-state index contributed by atoms with van der Waals surface area (Å²) in [7, 11) is 0. The van der Waals surface area contributed by atoms with Crippen molar-refractivity contribution >= 4 is 11.6 Å². The number of imidazole rings is 1. The number of amides is 1. The summed E-state index contributed by atoms with van der Waals surface area (Å²) >= 11 is 0. The molecule has 2 unspecified atom stereocenters. The molecular formula is C35H37N5O. The van der Waals surface area contributed by atoms with E-state index in [-0.39, 0.29) is 11.9 Å². The van der Waals surface area contributed by atoms with Gasteiger partial charge in [-0.25, -0.2) is 4.98 Å². The second kappa shape index (κ2) is 10.3. The summed E-state index contributed by atoms with van der Waals surface area (Å²) in [5.41, 5.74) is 11.5. The van der Waals surface area contributed by atoms with Gasteiger partial charge in [-0.05, 0) is 121 Å². The van der Waals surface area contributed by atoms with E-state index >= 15 is 0 Å². The molecule has 2 aliphatic heterocycles. The fourth-order valence-electron chi connectivity index (χ4n) is 7.80. The van der Waals surface area contributed by atoms with Gasteiger partial charge in [-0.3, -0.25) is 4.79 Å². The Labute approximate surface area is 241 Å². The van der Waals surface area contributed by atoms with Crippen LogP contribution >= 0.6 is 0 Å². The minimum atomic E-state index is -0.0683. The fourth-order valence-corrected chi connectivity index (χ4v) is 7.80. The Morgan fingerprint density at radius 2 is 1.37 bits per heavy atom. The Balaban J connectivity index is 1.07. The van der Waals surface area contributed by atoms with Crippen LogP contribution in [-0.4, -0.2) is 35.0 Å². The maximum atomic E-state index is 12.6.